The number of ether oxygens (including phenoxy) is 1. The van der Waals surface area contributed by atoms with Gasteiger partial charge >= 0.3 is 11.2 Å². The van der Waals surface area contributed by atoms with Gasteiger partial charge in [-0.25, -0.2) is 9.78 Å². The summed E-state index contributed by atoms with van der Waals surface area (Å²) in [6.45, 7) is 6.42. The minimum Gasteiger partial charge on any atom is -0.465 e. The van der Waals surface area contributed by atoms with Gasteiger partial charge in [-0.15, -0.1) is 11.3 Å². The lowest BCUT2D eigenvalue weighted by Gasteiger charge is -2.35. The average Bonchev–Trinajstić information content (AvgIpc) is 3.83. The second-order valence-electron chi connectivity index (χ2n) is 10.2. The van der Waals surface area contributed by atoms with Gasteiger partial charge in [-0.1, -0.05) is 12.1 Å². The predicted octanol–water partition coefficient (Wildman–Crippen LogP) is 3.98. The molecular formula is C27H33N9O3S2. The van der Waals surface area contributed by atoms with Gasteiger partial charge in [0.15, 0.2) is 5.13 Å². The van der Waals surface area contributed by atoms with Gasteiger partial charge in [0.05, 0.1) is 18.4 Å². The SMILES string of the molecule is COC(=O)c1cccc(-c2csc(NSC(=O)N3CCN(c4nc(N5CCCC5)nc(N5CCCC5)n4)CC3)n2)c1. The van der Waals surface area contributed by atoms with Gasteiger partial charge in [0.1, 0.15) is 0 Å². The van der Waals surface area contributed by atoms with E-state index >= 15 is 0 Å². The zero-order valence-electron chi connectivity index (χ0n) is 23.0. The predicted molar refractivity (Wildman–Crippen MR) is 162 cm³/mol. The van der Waals surface area contributed by atoms with Crippen LogP contribution in [0.1, 0.15) is 36.0 Å². The van der Waals surface area contributed by atoms with E-state index in [1.165, 1.54) is 18.4 Å². The summed E-state index contributed by atoms with van der Waals surface area (Å²) < 4.78 is 7.89. The van der Waals surface area contributed by atoms with Crippen LogP contribution < -0.4 is 19.4 Å². The van der Waals surface area contributed by atoms with Crippen molar-refractivity contribution in [2.45, 2.75) is 25.7 Å². The first-order valence-corrected chi connectivity index (χ1v) is 15.6. The van der Waals surface area contributed by atoms with Gasteiger partial charge in [0.2, 0.25) is 17.8 Å². The molecule has 3 aliphatic heterocycles. The fraction of sp³-hybridized carbons (Fsp3) is 0.481. The van der Waals surface area contributed by atoms with E-state index in [4.69, 9.17) is 19.7 Å². The highest BCUT2D eigenvalue weighted by atomic mass is 32.2. The molecule has 3 aliphatic rings. The standard InChI is InChI=1S/C27H33N9O3S2/c1-39-22(37)20-8-6-7-19(17-20)21-18-40-26(28-21)32-41-27(38)36-15-13-35(14-16-36)25-30-23(33-9-2-3-10-33)29-24(31-25)34-11-4-5-12-34/h6-8,17-18H,2-5,9-16H2,1H3,(H,28,32). The smallest absolute Gasteiger partial charge is 0.337 e. The number of esters is 1. The maximum absolute atomic E-state index is 13.0. The molecule has 12 nitrogen and oxygen atoms in total. The van der Waals surface area contributed by atoms with Crippen LogP contribution in [0.15, 0.2) is 29.6 Å². The highest BCUT2D eigenvalue weighted by molar-refractivity contribution is 8.14. The highest BCUT2D eigenvalue weighted by Crippen LogP contribution is 2.29. The second-order valence-corrected chi connectivity index (χ2v) is 11.8. The number of thiazole rings is 1. The number of anilines is 4. The van der Waals surface area contributed by atoms with Crippen LogP contribution in [0.3, 0.4) is 0 Å². The molecule has 0 atom stereocenters. The third-order valence-electron chi connectivity index (χ3n) is 7.51. The number of rotatable bonds is 7. The molecule has 0 unspecified atom stereocenters. The van der Waals surface area contributed by atoms with Crippen LogP contribution in [0.5, 0.6) is 0 Å². The van der Waals surface area contributed by atoms with Crippen molar-refractivity contribution in [2.24, 2.45) is 0 Å². The summed E-state index contributed by atoms with van der Waals surface area (Å²) >= 11 is 2.43. The Kier molecular flexibility index (Phi) is 8.37. The number of nitrogens with one attached hydrogen (secondary N) is 1. The van der Waals surface area contributed by atoms with Crippen molar-refractivity contribution in [3.63, 3.8) is 0 Å². The van der Waals surface area contributed by atoms with E-state index in [0.717, 1.165) is 87.0 Å². The van der Waals surface area contributed by atoms with Crippen LogP contribution in [0.25, 0.3) is 11.3 Å². The lowest BCUT2D eigenvalue weighted by Crippen LogP contribution is -2.48. The average molecular weight is 596 g/mol. The monoisotopic (exact) mass is 595 g/mol. The molecule has 1 aromatic carbocycles. The number of benzene rings is 1. The van der Waals surface area contributed by atoms with Crippen LogP contribution in [-0.4, -0.2) is 95.5 Å². The second kappa shape index (κ2) is 12.5. The fourth-order valence-corrected chi connectivity index (χ4v) is 6.63. The fourth-order valence-electron chi connectivity index (χ4n) is 5.22. The first-order chi connectivity index (χ1) is 20.1. The Labute approximate surface area is 247 Å². The summed E-state index contributed by atoms with van der Waals surface area (Å²) in [6.07, 6.45) is 4.66. The number of amides is 1. The van der Waals surface area contributed by atoms with Crippen LogP contribution in [0.4, 0.5) is 27.8 Å². The maximum Gasteiger partial charge on any atom is 0.337 e. The Morgan fingerprint density at radius 2 is 1.41 bits per heavy atom. The number of hydrogen-bond acceptors (Lipinski definition) is 13. The molecule has 14 heteroatoms. The van der Waals surface area contributed by atoms with Crippen molar-refractivity contribution >= 4 is 57.5 Å². The van der Waals surface area contributed by atoms with E-state index < -0.39 is 5.97 Å². The Bertz CT molecular complexity index is 1350. The minimum absolute atomic E-state index is 0.0553. The van der Waals surface area contributed by atoms with Gasteiger partial charge in [-0.05, 0) is 37.8 Å². The number of aromatic nitrogens is 4. The lowest BCUT2D eigenvalue weighted by atomic mass is 10.1. The molecule has 0 saturated carbocycles. The summed E-state index contributed by atoms with van der Waals surface area (Å²) in [5.41, 5.74) is 2.00. The summed E-state index contributed by atoms with van der Waals surface area (Å²) in [5.74, 6) is 1.85. The van der Waals surface area contributed by atoms with Gasteiger partial charge in [0.25, 0.3) is 0 Å². The minimum atomic E-state index is -0.392. The molecule has 3 aromatic rings. The molecule has 0 aliphatic carbocycles. The van der Waals surface area contributed by atoms with E-state index in [-0.39, 0.29) is 5.24 Å². The van der Waals surface area contributed by atoms with Crippen molar-refractivity contribution in [3.8, 4) is 11.3 Å². The number of hydrogen-bond donors (Lipinski definition) is 1. The molecule has 5 heterocycles. The van der Waals surface area contributed by atoms with Gasteiger partial charge < -0.3 is 24.3 Å². The van der Waals surface area contributed by atoms with Crippen LogP contribution >= 0.6 is 23.3 Å². The van der Waals surface area contributed by atoms with Crippen LogP contribution in [0.2, 0.25) is 0 Å². The van der Waals surface area contributed by atoms with Crippen LogP contribution in [-0.2, 0) is 4.74 Å². The number of piperazine rings is 1. The van der Waals surface area contributed by atoms with E-state index in [1.807, 2.05) is 16.3 Å². The molecule has 1 amide bonds. The van der Waals surface area contributed by atoms with Gasteiger partial charge in [0, 0.05) is 75.2 Å². The van der Waals surface area contributed by atoms with Crippen molar-refractivity contribution in [3.05, 3.63) is 35.2 Å². The largest absolute Gasteiger partial charge is 0.465 e. The maximum atomic E-state index is 13.0. The van der Waals surface area contributed by atoms with Crippen molar-refractivity contribution in [1.82, 2.24) is 24.8 Å². The number of carbonyl (C=O) groups excluding carboxylic acids is 2. The molecule has 0 radical (unpaired) electrons. The number of methoxy groups -OCH3 is 1. The molecule has 2 aromatic heterocycles. The first kappa shape index (κ1) is 27.5. The van der Waals surface area contributed by atoms with Crippen molar-refractivity contribution in [2.75, 3.05) is 78.9 Å². The van der Waals surface area contributed by atoms with Crippen molar-refractivity contribution in [1.29, 1.82) is 0 Å². The quantitative estimate of drug-likeness (QED) is 0.314. The van der Waals surface area contributed by atoms with E-state index in [0.29, 0.717) is 42.8 Å². The molecular weight excluding hydrogens is 562 g/mol. The Morgan fingerprint density at radius 1 is 0.829 bits per heavy atom. The molecule has 0 bridgehead atoms. The highest BCUT2D eigenvalue weighted by Gasteiger charge is 2.27. The number of carbonyl (C=O) groups is 2. The summed E-state index contributed by atoms with van der Waals surface area (Å²) in [5, 5.41) is 2.46. The van der Waals surface area contributed by atoms with E-state index in [2.05, 4.69) is 24.4 Å². The third kappa shape index (κ3) is 6.32. The summed E-state index contributed by atoms with van der Waals surface area (Å²) in [7, 11) is 1.36. The summed E-state index contributed by atoms with van der Waals surface area (Å²) in [4.78, 5) is 52.5. The molecule has 1 N–H and O–H groups in total. The topological polar surface area (TPSA) is 120 Å². The zero-order valence-corrected chi connectivity index (χ0v) is 24.6. The first-order valence-electron chi connectivity index (χ1n) is 13.9. The normalized spacial score (nSPS) is 17.3. The van der Waals surface area contributed by atoms with E-state index in [9.17, 15) is 9.59 Å². The molecule has 41 heavy (non-hydrogen) atoms. The summed E-state index contributed by atoms with van der Waals surface area (Å²) in [6, 6.07) is 7.13. The Morgan fingerprint density at radius 3 is 2.00 bits per heavy atom. The molecule has 3 fully saturated rings. The molecule has 216 valence electrons. The third-order valence-corrected chi connectivity index (χ3v) is 9.12. The number of nitrogens with zero attached hydrogens (tertiary/aromatic N) is 8. The Balaban J connectivity index is 1.05. The lowest BCUT2D eigenvalue weighted by molar-refractivity contribution is 0.0600. The molecule has 6 rings (SSSR count). The molecule has 3 saturated heterocycles. The van der Waals surface area contributed by atoms with Crippen molar-refractivity contribution < 1.29 is 14.3 Å². The molecule has 0 spiro atoms. The van der Waals surface area contributed by atoms with Crippen LogP contribution in [0, 0.1) is 0 Å². The van der Waals surface area contributed by atoms with Gasteiger partial charge in [-0.2, -0.15) is 15.0 Å². The van der Waals surface area contributed by atoms with Gasteiger partial charge in [-0.3, -0.25) is 9.52 Å². The van der Waals surface area contributed by atoms with E-state index in [1.54, 1.807) is 18.2 Å². The Hall–Kier alpha value is -3.65. The zero-order chi connectivity index (χ0) is 28.2.